The molecular formula is C16H11ClN2OS. The van der Waals surface area contributed by atoms with Gasteiger partial charge in [0, 0.05) is 28.0 Å². The molecule has 1 aromatic carbocycles. The molecule has 3 rings (SSSR count). The molecule has 104 valence electrons. The molecule has 0 saturated carbocycles. The van der Waals surface area contributed by atoms with Gasteiger partial charge in [0.1, 0.15) is 0 Å². The second-order valence-corrected chi connectivity index (χ2v) is 5.88. The van der Waals surface area contributed by atoms with E-state index in [4.69, 9.17) is 11.6 Å². The molecule has 21 heavy (non-hydrogen) atoms. The van der Waals surface area contributed by atoms with Crippen LogP contribution in [0, 0.1) is 0 Å². The number of hydrogen-bond donors (Lipinski definition) is 1. The first kappa shape index (κ1) is 13.8. The zero-order valence-corrected chi connectivity index (χ0v) is 12.5. The summed E-state index contributed by atoms with van der Waals surface area (Å²) >= 11 is 7.27. The number of rotatable bonds is 3. The summed E-state index contributed by atoms with van der Waals surface area (Å²) in [7, 11) is 0. The fourth-order valence-electron chi connectivity index (χ4n) is 1.86. The van der Waals surface area contributed by atoms with E-state index in [1.165, 1.54) is 11.3 Å². The van der Waals surface area contributed by atoms with Crippen LogP contribution >= 0.6 is 22.9 Å². The number of aromatic nitrogens is 1. The molecule has 2 heterocycles. The minimum Gasteiger partial charge on any atom is -0.321 e. The van der Waals surface area contributed by atoms with Crippen LogP contribution in [-0.4, -0.2) is 10.9 Å². The number of carbonyl (C=O) groups is 1. The number of carbonyl (C=O) groups excluding carboxylic acids is 1. The lowest BCUT2D eigenvalue weighted by molar-refractivity contribution is 0.103. The first-order chi connectivity index (χ1) is 10.2. The van der Waals surface area contributed by atoms with Crippen LogP contribution in [0.25, 0.3) is 10.4 Å². The Kier molecular flexibility index (Phi) is 3.99. The molecule has 0 atom stereocenters. The highest BCUT2D eigenvalue weighted by Gasteiger charge is 2.10. The van der Waals surface area contributed by atoms with E-state index in [9.17, 15) is 4.79 Å². The van der Waals surface area contributed by atoms with Crippen molar-refractivity contribution in [3.05, 3.63) is 70.8 Å². The summed E-state index contributed by atoms with van der Waals surface area (Å²) in [6, 6.07) is 14.7. The quantitative estimate of drug-likeness (QED) is 0.760. The van der Waals surface area contributed by atoms with Crippen molar-refractivity contribution in [1.82, 2.24) is 4.98 Å². The maximum atomic E-state index is 12.2. The molecule has 0 spiro atoms. The molecule has 0 aliphatic carbocycles. The van der Waals surface area contributed by atoms with Crippen molar-refractivity contribution >= 4 is 34.5 Å². The molecule has 0 fully saturated rings. The highest BCUT2D eigenvalue weighted by Crippen LogP contribution is 2.28. The van der Waals surface area contributed by atoms with Gasteiger partial charge in [-0.2, -0.15) is 0 Å². The Labute approximate surface area is 131 Å². The first-order valence-electron chi connectivity index (χ1n) is 6.29. The maximum absolute atomic E-state index is 12.2. The lowest BCUT2D eigenvalue weighted by atomic mass is 10.2. The van der Waals surface area contributed by atoms with E-state index >= 15 is 0 Å². The fourth-order valence-corrected chi connectivity index (χ4v) is 2.89. The number of amides is 1. The summed E-state index contributed by atoms with van der Waals surface area (Å²) in [6.45, 7) is 0. The van der Waals surface area contributed by atoms with Crippen molar-refractivity contribution < 1.29 is 4.79 Å². The van der Waals surface area contributed by atoms with Crippen molar-refractivity contribution in [2.75, 3.05) is 5.32 Å². The molecule has 0 bridgehead atoms. The van der Waals surface area contributed by atoms with E-state index in [1.54, 1.807) is 36.7 Å². The van der Waals surface area contributed by atoms with Crippen molar-refractivity contribution in [2.45, 2.75) is 0 Å². The highest BCUT2D eigenvalue weighted by molar-refractivity contribution is 7.17. The smallest absolute Gasteiger partial charge is 0.265 e. The van der Waals surface area contributed by atoms with Gasteiger partial charge < -0.3 is 5.32 Å². The summed E-state index contributed by atoms with van der Waals surface area (Å²) in [5.74, 6) is -0.123. The molecule has 0 aliphatic rings. The lowest BCUT2D eigenvalue weighted by Gasteiger charge is -2.03. The zero-order valence-electron chi connectivity index (χ0n) is 10.9. The molecule has 0 unspecified atom stereocenters. The second-order valence-electron chi connectivity index (χ2n) is 4.36. The van der Waals surface area contributed by atoms with Crippen LogP contribution in [0.3, 0.4) is 0 Å². The number of benzene rings is 1. The minimum absolute atomic E-state index is 0.123. The van der Waals surface area contributed by atoms with Crippen LogP contribution in [0.1, 0.15) is 9.67 Å². The van der Waals surface area contributed by atoms with Gasteiger partial charge >= 0.3 is 0 Å². The van der Waals surface area contributed by atoms with Gasteiger partial charge in [-0.3, -0.25) is 9.78 Å². The molecule has 0 saturated heterocycles. The Hall–Kier alpha value is -2.17. The standard InChI is InChI=1S/C16H11ClN2OS/c17-12-1-3-13(4-2-12)19-16(20)15-6-5-14(21-15)11-7-9-18-10-8-11/h1-10H,(H,19,20). The molecule has 3 nitrogen and oxygen atoms in total. The highest BCUT2D eigenvalue weighted by atomic mass is 35.5. The molecule has 3 aromatic rings. The normalized spacial score (nSPS) is 10.3. The number of nitrogens with one attached hydrogen (secondary N) is 1. The van der Waals surface area contributed by atoms with E-state index < -0.39 is 0 Å². The molecule has 2 aromatic heterocycles. The number of halogens is 1. The molecule has 0 radical (unpaired) electrons. The number of hydrogen-bond acceptors (Lipinski definition) is 3. The molecule has 1 amide bonds. The van der Waals surface area contributed by atoms with Crippen LogP contribution in [-0.2, 0) is 0 Å². The predicted molar refractivity (Wildman–Crippen MR) is 87.0 cm³/mol. The predicted octanol–water partition coefficient (Wildman–Crippen LogP) is 4.72. The van der Waals surface area contributed by atoms with Crippen LogP contribution in [0.15, 0.2) is 60.9 Å². The van der Waals surface area contributed by atoms with Crippen LogP contribution < -0.4 is 5.32 Å². The van der Waals surface area contributed by atoms with Gasteiger partial charge in [-0.05, 0) is 54.1 Å². The van der Waals surface area contributed by atoms with Crippen molar-refractivity contribution in [3.63, 3.8) is 0 Å². The number of thiophene rings is 1. The van der Waals surface area contributed by atoms with E-state index in [1.807, 2.05) is 24.3 Å². The Bertz CT molecular complexity index is 753. The molecule has 1 N–H and O–H groups in total. The number of pyridine rings is 1. The fraction of sp³-hybridized carbons (Fsp3) is 0. The average Bonchev–Trinajstić information content (AvgIpc) is 3.00. The van der Waals surface area contributed by atoms with Crippen molar-refractivity contribution in [2.24, 2.45) is 0 Å². The minimum atomic E-state index is -0.123. The van der Waals surface area contributed by atoms with Crippen LogP contribution in [0.5, 0.6) is 0 Å². The summed E-state index contributed by atoms with van der Waals surface area (Å²) in [6.07, 6.45) is 3.48. The third kappa shape index (κ3) is 3.29. The van der Waals surface area contributed by atoms with Crippen molar-refractivity contribution in [1.29, 1.82) is 0 Å². The van der Waals surface area contributed by atoms with E-state index in [0.29, 0.717) is 9.90 Å². The van der Waals surface area contributed by atoms with E-state index in [-0.39, 0.29) is 5.91 Å². The lowest BCUT2D eigenvalue weighted by Crippen LogP contribution is -2.09. The summed E-state index contributed by atoms with van der Waals surface area (Å²) in [5.41, 5.74) is 1.78. The Balaban J connectivity index is 1.77. The maximum Gasteiger partial charge on any atom is 0.265 e. The third-order valence-electron chi connectivity index (χ3n) is 2.90. The molecular weight excluding hydrogens is 304 g/mol. The Morgan fingerprint density at radius 1 is 1.00 bits per heavy atom. The zero-order chi connectivity index (χ0) is 14.7. The monoisotopic (exact) mass is 314 g/mol. The van der Waals surface area contributed by atoms with Crippen LogP contribution in [0.4, 0.5) is 5.69 Å². The topological polar surface area (TPSA) is 42.0 Å². The summed E-state index contributed by atoms with van der Waals surface area (Å²) < 4.78 is 0. The van der Waals surface area contributed by atoms with Gasteiger partial charge in [-0.25, -0.2) is 0 Å². The average molecular weight is 315 g/mol. The largest absolute Gasteiger partial charge is 0.321 e. The number of anilines is 1. The summed E-state index contributed by atoms with van der Waals surface area (Å²) in [5, 5.41) is 3.49. The first-order valence-corrected chi connectivity index (χ1v) is 7.49. The van der Waals surface area contributed by atoms with Gasteiger partial charge in [0.25, 0.3) is 5.91 Å². The van der Waals surface area contributed by atoms with E-state index in [0.717, 1.165) is 16.1 Å². The summed E-state index contributed by atoms with van der Waals surface area (Å²) in [4.78, 5) is 17.9. The third-order valence-corrected chi connectivity index (χ3v) is 4.28. The van der Waals surface area contributed by atoms with Crippen molar-refractivity contribution in [3.8, 4) is 10.4 Å². The van der Waals surface area contributed by atoms with Gasteiger partial charge in [0.2, 0.25) is 0 Å². The molecule has 5 heteroatoms. The van der Waals surface area contributed by atoms with Crippen LogP contribution in [0.2, 0.25) is 5.02 Å². The number of nitrogens with zero attached hydrogens (tertiary/aromatic N) is 1. The van der Waals surface area contributed by atoms with Gasteiger partial charge in [-0.1, -0.05) is 11.6 Å². The SMILES string of the molecule is O=C(Nc1ccc(Cl)cc1)c1ccc(-c2ccncc2)s1. The Morgan fingerprint density at radius 2 is 1.71 bits per heavy atom. The van der Waals surface area contributed by atoms with Gasteiger partial charge in [-0.15, -0.1) is 11.3 Å². The molecule has 0 aliphatic heterocycles. The van der Waals surface area contributed by atoms with E-state index in [2.05, 4.69) is 10.3 Å². The second kappa shape index (κ2) is 6.08. The van der Waals surface area contributed by atoms with Gasteiger partial charge in [0.05, 0.1) is 4.88 Å². The van der Waals surface area contributed by atoms with Gasteiger partial charge in [0.15, 0.2) is 0 Å². The Morgan fingerprint density at radius 3 is 2.43 bits per heavy atom.